The summed E-state index contributed by atoms with van der Waals surface area (Å²) in [5.41, 5.74) is 0.676. The molecular weight excluding hydrogens is 252 g/mol. The van der Waals surface area contributed by atoms with E-state index in [4.69, 9.17) is 16.3 Å². The van der Waals surface area contributed by atoms with Crippen LogP contribution in [0.5, 0.6) is 0 Å². The van der Waals surface area contributed by atoms with Gasteiger partial charge in [0, 0.05) is 5.02 Å². The van der Waals surface area contributed by atoms with Gasteiger partial charge < -0.3 is 9.84 Å². The number of hydrogen-bond donors (Lipinski definition) is 1. The summed E-state index contributed by atoms with van der Waals surface area (Å²) >= 11 is 6.07. The Labute approximate surface area is 112 Å². The number of carboxylic acid groups (broad SMARTS) is 1. The van der Waals surface area contributed by atoms with Crippen LogP contribution in [-0.2, 0) is 9.53 Å². The number of rotatable bonds is 4. The summed E-state index contributed by atoms with van der Waals surface area (Å²) in [5, 5.41) is 9.87. The second-order valence-electron chi connectivity index (χ2n) is 4.79. The first-order valence-corrected chi connectivity index (χ1v) is 6.58. The number of ether oxygens (including phenoxy) is 1. The summed E-state index contributed by atoms with van der Waals surface area (Å²) in [5.74, 6) is -1.43. The second-order valence-corrected chi connectivity index (χ2v) is 5.20. The van der Waals surface area contributed by atoms with Crippen molar-refractivity contribution in [1.82, 2.24) is 0 Å². The maximum Gasteiger partial charge on any atom is 0.311 e. The molecular formula is C14H17ClO3. The van der Waals surface area contributed by atoms with Crippen molar-refractivity contribution in [3.05, 3.63) is 34.9 Å². The van der Waals surface area contributed by atoms with E-state index in [1.807, 2.05) is 13.0 Å². The van der Waals surface area contributed by atoms with Crippen LogP contribution in [-0.4, -0.2) is 23.3 Å². The van der Waals surface area contributed by atoms with E-state index in [2.05, 4.69) is 0 Å². The van der Waals surface area contributed by atoms with E-state index in [1.54, 1.807) is 18.2 Å². The first-order valence-electron chi connectivity index (χ1n) is 6.20. The highest BCUT2D eigenvalue weighted by Crippen LogP contribution is 2.32. The molecule has 3 unspecified atom stereocenters. The highest BCUT2D eigenvalue weighted by Gasteiger charge is 2.30. The van der Waals surface area contributed by atoms with Gasteiger partial charge in [-0.25, -0.2) is 0 Å². The first kappa shape index (κ1) is 13.4. The number of benzene rings is 1. The number of carboxylic acids is 1. The van der Waals surface area contributed by atoms with Gasteiger partial charge in [-0.3, -0.25) is 4.79 Å². The Kier molecular flexibility index (Phi) is 4.25. The van der Waals surface area contributed by atoms with Crippen LogP contribution in [0.25, 0.3) is 0 Å². The Morgan fingerprint density at radius 3 is 2.78 bits per heavy atom. The quantitative estimate of drug-likeness (QED) is 0.910. The molecule has 3 atom stereocenters. The van der Waals surface area contributed by atoms with Crippen LogP contribution < -0.4 is 0 Å². The number of hydrogen-bond acceptors (Lipinski definition) is 2. The van der Waals surface area contributed by atoms with Crippen LogP contribution in [0.3, 0.4) is 0 Å². The van der Waals surface area contributed by atoms with Crippen molar-refractivity contribution in [3.8, 4) is 0 Å². The zero-order valence-electron chi connectivity index (χ0n) is 10.3. The molecule has 0 amide bonds. The lowest BCUT2D eigenvalue weighted by Crippen LogP contribution is -2.19. The van der Waals surface area contributed by atoms with Gasteiger partial charge in [-0.2, -0.15) is 0 Å². The van der Waals surface area contributed by atoms with E-state index in [9.17, 15) is 9.90 Å². The van der Waals surface area contributed by atoms with Crippen LogP contribution >= 0.6 is 11.6 Å². The van der Waals surface area contributed by atoms with E-state index in [0.717, 1.165) is 12.8 Å². The molecule has 1 aromatic carbocycles. The minimum atomic E-state index is -0.841. The smallest absolute Gasteiger partial charge is 0.311 e. The van der Waals surface area contributed by atoms with Gasteiger partial charge >= 0.3 is 5.97 Å². The van der Waals surface area contributed by atoms with E-state index in [1.165, 1.54) is 0 Å². The predicted molar refractivity (Wildman–Crippen MR) is 70.0 cm³/mol. The van der Waals surface area contributed by atoms with Crippen molar-refractivity contribution < 1.29 is 14.6 Å². The molecule has 0 spiro atoms. The Bertz CT molecular complexity index is 433. The van der Waals surface area contributed by atoms with Crippen molar-refractivity contribution in [1.29, 1.82) is 0 Å². The average molecular weight is 269 g/mol. The highest BCUT2D eigenvalue weighted by molar-refractivity contribution is 6.31. The number of halogens is 1. The van der Waals surface area contributed by atoms with Gasteiger partial charge in [0.15, 0.2) is 0 Å². The molecule has 1 aliphatic heterocycles. The zero-order valence-corrected chi connectivity index (χ0v) is 11.1. The van der Waals surface area contributed by atoms with Crippen molar-refractivity contribution in [2.75, 3.05) is 0 Å². The zero-order chi connectivity index (χ0) is 13.1. The summed E-state index contributed by atoms with van der Waals surface area (Å²) in [4.78, 5) is 11.4. The van der Waals surface area contributed by atoms with Crippen LogP contribution in [0.15, 0.2) is 24.3 Å². The molecule has 18 heavy (non-hydrogen) atoms. The fourth-order valence-corrected chi connectivity index (χ4v) is 2.71. The fraction of sp³-hybridized carbons (Fsp3) is 0.500. The molecule has 1 heterocycles. The van der Waals surface area contributed by atoms with Gasteiger partial charge in [0.25, 0.3) is 0 Å². The Morgan fingerprint density at radius 1 is 1.50 bits per heavy atom. The molecule has 1 aromatic rings. The minimum Gasteiger partial charge on any atom is -0.481 e. The first-order chi connectivity index (χ1) is 8.58. The van der Waals surface area contributed by atoms with Crippen molar-refractivity contribution in [2.45, 2.75) is 44.3 Å². The van der Waals surface area contributed by atoms with E-state index >= 15 is 0 Å². The van der Waals surface area contributed by atoms with Crippen LogP contribution in [0, 0.1) is 0 Å². The predicted octanol–water partition coefficient (Wildman–Crippen LogP) is 3.47. The lowest BCUT2D eigenvalue weighted by atomic mass is 9.92. The largest absolute Gasteiger partial charge is 0.481 e. The maximum absolute atomic E-state index is 11.4. The maximum atomic E-state index is 11.4. The molecule has 1 N–H and O–H groups in total. The van der Waals surface area contributed by atoms with Gasteiger partial charge in [0.05, 0.1) is 18.1 Å². The third kappa shape index (κ3) is 3.03. The summed E-state index contributed by atoms with van der Waals surface area (Å²) in [6.45, 7) is 2.02. The van der Waals surface area contributed by atoms with E-state index < -0.39 is 11.9 Å². The van der Waals surface area contributed by atoms with Gasteiger partial charge in [-0.05, 0) is 37.8 Å². The van der Waals surface area contributed by atoms with Crippen molar-refractivity contribution in [3.63, 3.8) is 0 Å². The molecule has 0 aliphatic carbocycles. The molecule has 98 valence electrons. The molecule has 0 radical (unpaired) electrons. The molecule has 0 saturated carbocycles. The SMILES string of the molecule is CC1CCC(CC(C(=O)O)c2ccccc2Cl)O1. The van der Waals surface area contributed by atoms with Gasteiger partial charge in [0.1, 0.15) is 0 Å². The highest BCUT2D eigenvalue weighted by atomic mass is 35.5. The topological polar surface area (TPSA) is 46.5 Å². The molecule has 0 bridgehead atoms. The Morgan fingerprint density at radius 2 is 2.22 bits per heavy atom. The number of aliphatic carboxylic acids is 1. The Balaban J connectivity index is 2.14. The summed E-state index contributed by atoms with van der Waals surface area (Å²) < 4.78 is 5.70. The molecule has 1 fully saturated rings. The van der Waals surface area contributed by atoms with Gasteiger partial charge in [-0.15, -0.1) is 0 Å². The third-order valence-corrected chi connectivity index (χ3v) is 3.74. The van der Waals surface area contributed by atoms with E-state index in [0.29, 0.717) is 17.0 Å². The monoisotopic (exact) mass is 268 g/mol. The fourth-order valence-electron chi connectivity index (χ4n) is 2.44. The molecule has 2 rings (SSSR count). The number of carbonyl (C=O) groups is 1. The molecule has 0 aromatic heterocycles. The molecule has 1 aliphatic rings. The lowest BCUT2D eigenvalue weighted by Gasteiger charge is -2.18. The van der Waals surface area contributed by atoms with E-state index in [-0.39, 0.29) is 12.2 Å². The minimum absolute atomic E-state index is 0.0253. The standard InChI is InChI=1S/C14H17ClO3/c1-9-6-7-10(18-9)8-12(14(16)17)11-4-2-3-5-13(11)15/h2-5,9-10,12H,6-8H2,1H3,(H,16,17). The third-order valence-electron chi connectivity index (χ3n) is 3.40. The average Bonchev–Trinajstić information content (AvgIpc) is 2.73. The van der Waals surface area contributed by atoms with Crippen LogP contribution in [0.4, 0.5) is 0 Å². The molecule has 3 nitrogen and oxygen atoms in total. The van der Waals surface area contributed by atoms with Crippen molar-refractivity contribution in [2.24, 2.45) is 0 Å². The normalized spacial score (nSPS) is 25.0. The van der Waals surface area contributed by atoms with Gasteiger partial charge in [0.2, 0.25) is 0 Å². The molecule has 1 saturated heterocycles. The van der Waals surface area contributed by atoms with Crippen LogP contribution in [0.1, 0.15) is 37.7 Å². The summed E-state index contributed by atoms with van der Waals surface area (Å²) in [6.07, 6.45) is 2.67. The lowest BCUT2D eigenvalue weighted by molar-refractivity contribution is -0.139. The molecule has 4 heteroatoms. The Hall–Kier alpha value is -1.06. The van der Waals surface area contributed by atoms with Crippen LogP contribution in [0.2, 0.25) is 5.02 Å². The summed E-state index contributed by atoms with van der Waals surface area (Å²) in [7, 11) is 0. The summed E-state index contributed by atoms with van der Waals surface area (Å²) in [6, 6.07) is 7.12. The van der Waals surface area contributed by atoms with Crippen molar-refractivity contribution >= 4 is 17.6 Å². The van der Waals surface area contributed by atoms with Gasteiger partial charge in [-0.1, -0.05) is 29.8 Å². The second kappa shape index (κ2) is 5.72.